The van der Waals surface area contributed by atoms with Gasteiger partial charge in [-0.25, -0.2) is 0 Å². The van der Waals surface area contributed by atoms with Crippen molar-refractivity contribution in [3.8, 4) is 5.75 Å². The summed E-state index contributed by atoms with van der Waals surface area (Å²) in [7, 11) is 0. The second-order valence-corrected chi connectivity index (χ2v) is 6.87. The van der Waals surface area contributed by atoms with E-state index < -0.39 is 6.04 Å². The zero-order chi connectivity index (χ0) is 17.0. The zero-order valence-electron chi connectivity index (χ0n) is 14.1. The lowest BCUT2D eigenvalue weighted by atomic mass is 10.1. The van der Waals surface area contributed by atoms with E-state index in [9.17, 15) is 9.59 Å². The average molecular weight is 336 g/mol. The van der Waals surface area contributed by atoms with Gasteiger partial charge in [-0.3, -0.25) is 9.59 Å². The van der Waals surface area contributed by atoms with Gasteiger partial charge in [-0.2, -0.15) is 0 Å². The zero-order valence-corrected chi connectivity index (χ0v) is 14.9. The summed E-state index contributed by atoms with van der Waals surface area (Å²) in [5, 5.41) is 2.94. The minimum Gasteiger partial charge on any atom is -0.491 e. The van der Waals surface area contributed by atoms with Crippen LogP contribution in [0.2, 0.25) is 0 Å². The first-order chi connectivity index (χ1) is 10.9. The number of carbonyl (C=O) groups is 2. The van der Waals surface area contributed by atoms with Crippen LogP contribution in [0, 0.1) is 6.92 Å². The van der Waals surface area contributed by atoms with Gasteiger partial charge in [-0.1, -0.05) is 6.92 Å². The number of carbonyl (C=O) groups excluding carboxylic acids is 2. The molecule has 5 nitrogen and oxygen atoms in total. The van der Waals surface area contributed by atoms with Gasteiger partial charge in [-0.15, -0.1) is 11.8 Å². The maximum absolute atomic E-state index is 12.5. The van der Waals surface area contributed by atoms with Crippen molar-refractivity contribution in [2.75, 3.05) is 16.9 Å². The molecule has 1 aromatic rings. The summed E-state index contributed by atoms with van der Waals surface area (Å²) >= 11 is 1.61. The molecular formula is C17H24N2O3S. The fourth-order valence-corrected chi connectivity index (χ4v) is 3.63. The number of benzene rings is 1. The van der Waals surface area contributed by atoms with Crippen LogP contribution in [0.4, 0.5) is 5.69 Å². The number of ether oxygens (including phenoxy) is 1. The summed E-state index contributed by atoms with van der Waals surface area (Å²) in [4.78, 5) is 26.1. The van der Waals surface area contributed by atoms with Gasteiger partial charge in [0, 0.05) is 17.9 Å². The van der Waals surface area contributed by atoms with Crippen LogP contribution in [-0.2, 0) is 9.59 Å². The number of nitrogens with one attached hydrogen (secondary N) is 1. The largest absolute Gasteiger partial charge is 0.491 e. The molecule has 23 heavy (non-hydrogen) atoms. The number of aryl methyl sites for hydroxylation is 1. The molecule has 2 amide bonds. The summed E-state index contributed by atoms with van der Waals surface area (Å²) in [5.41, 5.74) is 1.70. The smallest absolute Gasteiger partial charge is 0.248 e. The number of hydrogen-bond donors (Lipinski definition) is 1. The summed E-state index contributed by atoms with van der Waals surface area (Å²) < 4.78 is 5.65. The number of thioether (sulfide) groups is 1. The molecule has 1 saturated heterocycles. The number of rotatable bonds is 5. The highest BCUT2D eigenvalue weighted by Crippen LogP contribution is 2.25. The molecule has 0 spiro atoms. The highest BCUT2D eigenvalue weighted by Gasteiger charge is 2.33. The molecule has 0 saturated carbocycles. The predicted molar refractivity (Wildman–Crippen MR) is 93.8 cm³/mol. The molecular weight excluding hydrogens is 312 g/mol. The average Bonchev–Trinajstić information content (AvgIpc) is 2.98. The van der Waals surface area contributed by atoms with Crippen molar-refractivity contribution in [1.82, 2.24) is 4.90 Å². The number of amides is 2. The van der Waals surface area contributed by atoms with E-state index in [1.54, 1.807) is 16.7 Å². The van der Waals surface area contributed by atoms with E-state index in [1.807, 2.05) is 45.9 Å². The second kappa shape index (κ2) is 7.73. The predicted octanol–water partition coefficient (Wildman–Crippen LogP) is 3.03. The molecule has 1 atom stereocenters. The summed E-state index contributed by atoms with van der Waals surface area (Å²) in [6.07, 6.45) is 0.531. The van der Waals surface area contributed by atoms with Gasteiger partial charge in [0.25, 0.3) is 0 Å². The van der Waals surface area contributed by atoms with Gasteiger partial charge in [0.05, 0.1) is 12.0 Å². The normalized spacial score (nSPS) is 17.4. The van der Waals surface area contributed by atoms with E-state index >= 15 is 0 Å². The SMILES string of the molecule is CCC(=O)N1CSCC1C(=O)Nc1ccc(OC(C)C)cc1C. The molecule has 0 radical (unpaired) electrons. The van der Waals surface area contributed by atoms with Crippen LogP contribution in [0.15, 0.2) is 18.2 Å². The molecule has 0 aromatic heterocycles. The first-order valence-corrected chi connectivity index (χ1v) is 9.03. The molecule has 0 aliphatic carbocycles. The lowest BCUT2D eigenvalue weighted by Crippen LogP contribution is -2.44. The molecule has 1 aliphatic rings. The molecule has 1 aromatic carbocycles. The standard InChI is InChI=1S/C17H24N2O3S/c1-5-16(20)19-10-23-9-15(19)17(21)18-14-7-6-13(8-12(14)4)22-11(2)3/h6-8,11,15H,5,9-10H2,1-4H3,(H,18,21). The molecule has 1 fully saturated rings. The fraction of sp³-hybridized carbons (Fsp3) is 0.529. The minimum absolute atomic E-state index is 0.0209. The lowest BCUT2D eigenvalue weighted by Gasteiger charge is -2.23. The summed E-state index contributed by atoms with van der Waals surface area (Å²) in [6, 6.07) is 5.21. The fourth-order valence-electron chi connectivity index (χ4n) is 2.45. The van der Waals surface area contributed by atoms with Crippen molar-refractivity contribution < 1.29 is 14.3 Å². The van der Waals surface area contributed by atoms with Crippen LogP contribution in [0.25, 0.3) is 0 Å². The third-order valence-electron chi connectivity index (χ3n) is 3.64. The Kier molecular flexibility index (Phi) is 5.93. The Morgan fingerprint density at radius 1 is 1.43 bits per heavy atom. The Bertz CT molecular complexity index is 589. The molecule has 6 heteroatoms. The molecule has 126 valence electrons. The maximum atomic E-state index is 12.5. The Morgan fingerprint density at radius 2 is 2.17 bits per heavy atom. The molecule has 1 aliphatic heterocycles. The van der Waals surface area contributed by atoms with Crippen molar-refractivity contribution in [2.45, 2.75) is 46.3 Å². The van der Waals surface area contributed by atoms with Crippen LogP contribution < -0.4 is 10.1 Å². The van der Waals surface area contributed by atoms with Gasteiger partial charge in [0.2, 0.25) is 11.8 Å². The van der Waals surface area contributed by atoms with E-state index in [1.165, 1.54) is 0 Å². The highest BCUT2D eigenvalue weighted by atomic mass is 32.2. The number of hydrogen-bond acceptors (Lipinski definition) is 4. The van der Waals surface area contributed by atoms with E-state index in [2.05, 4.69) is 5.32 Å². The second-order valence-electron chi connectivity index (χ2n) is 5.87. The third-order valence-corrected chi connectivity index (χ3v) is 4.65. The maximum Gasteiger partial charge on any atom is 0.248 e. The monoisotopic (exact) mass is 336 g/mol. The van der Waals surface area contributed by atoms with Crippen molar-refractivity contribution in [2.24, 2.45) is 0 Å². The van der Waals surface area contributed by atoms with Crippen molar-refractivity contribution >= 4 is 29.3 Å². The minimum atomic E-state index is -0.390. The first kappa shape index (κ1) is 17.7. The number of nitrogens with zero attached hydrogens (tertiary/aromatic N) is 1. The Morgan fingerprint density at radius 3 is 2.78 bits per heavy atom. The summed E-state index contributed by atoms with van der Waals surface area (Å²) in [6.45, 7) is 7.70. The van der Waals surface area contributed by atoms with E-state index in [4.69, 9.17) is 4.74 Å². The van der Waals surface area contributed by atoms with Crippen molar-refractivity contribution in [1.29, 1.82) is 0 Å². The van der Waals surface area contributed by atoms with Gasteiger partial charge in [0.15, 0.2) is 0 Å². The van der Waals surface area contributed by atoms with Crippen LogP contribution in [0.5, 0.6) is 5.75 Å². The van der Waals surface area contributed by atoms with E-state index in [0.29, 0.717) is 18.1 Å². The van der Waals surface area contributed by atoms with Gasteiger partial charge in [0.1, 0.15) is 11.8 Å². The van der Waals surface area contributed by atoms with Crippen molar-refractivity contribution in [3.05, 3.63) is 23.8 Å². The third kappa shape index (κ3) is 4.41. The van der Waals surface area contributed by atoms with Crippen LogP contribution >= 0.6 is 11.8 Å². The molecule has 0 bridgehead atoms. The Labute approximate surface area is 141 Å². The van der Waals surface area contributed by atoms with Crippen LogP contribution in [0.1, 0.15) is 32.8 Å². The van der Waals surface area contributed by atoms with Crippen molar-refractivity contribution in [3.63, 3.8) is 0 Å². The molecule has 1 heterocycles. The Balaban J connectivity index is 2.06. The quantitative estimate of drug-likeness (QED) is 0.898. The van der Waals surface area contributed by atoms with Crippen LogP contribution in [0.3, 0.4) is 0 Å². The van der Waals surface area contributed by atoms with Crippen LogP contribution in [-0.4, -0.2) is 40.5 Å². The van der Waals surface area contributed by atoms with E-state index in [0.717, 1.165) is 17.0 Å². The molecule has 1 N–H and O–H groups in total. The summed E-state index contributed by atoms with van der Waals surface area (Å²) in [5.74, 6) is 1.91. The Hall–Kier alpha value is -1.69. The lowest BCUT2D eigenvalue weighted by molar-refractivity contribution is -0.135. The van der Waals surface area contributed by atoms with Gasteiger partial charge in [-0.05, 0) is 44.5 Å². The highest BCUT2D eigenvalue weighted by molar-refractivity contribution is 7.99. The van der Waals surface area contributed by atoms with Gasteiger partial charge >= 0.3 is 0 Å². The molecule has 2 rings (SSSR count). The number of anilines is 1. The molecule has 1 unspecified atom stereocenters. The van der Waals surface area contributed by atoms with Gasteiger partial charge < -0.3 is 15.0 Å². The van der Waals surface area contributed by atoms with E-state index in [-0.39, 0.29) is 17.9 Å². The topological polar surface area (TPSA) is 58.6 Å². The first-order valence-electron chi connectivity index (χ1n) is 7.87.